The maximum absolute atomic E-state index is 5.79. The highest BCUT2D eigenvalue weighted by Crippen LogP contribution is 2.30. The van der Waals surface area contributed by atoms with Crippen LogP contribution in [-0.2, 0) is 24.2 Å². The minimum Gasteiger partial charge on any atom is -0.374 e. The van der Waals surface area contributed by atoms with E-state index >= 15 is 0 Å². The van der Waals surface area contributed by atoms with E-state index in [0.717, 1.165) is 32.5 Å². The molecule has 0 radical (unpaired) electrons. The van der Waals surface area contributed by atoms with E-state index in [1.807, 2.05) is 13.2 Å². The van der Waals surface area contributed by atoms with Gasteiger partial charge in [0.15, 0.2) is 0 Å². The van der Waals surface area contributed by atoms with E-state index in [4.69, 9.17) is 9.72 Å². The summed E-state index contributed by atoms with van der Waals surface area (Å²) < 4.78 is 5.79. The fourth-order valence-corrected chi connectivity index (χ4v) is 3.00. The van der Waals surface area contributed by atoms with Crippen LogP contribution >= 0.6 is 0 Å². The topological polar surface area (TPSA) is 37.4 Å². The Kier molecular flexibility index (Phi) is 6.00. The first-order valence-corrected chi connectivity index (χ1v) is 8.18. The van der Waals surface area contributed by atoms with Gasteiger partial charge < -0.3 is 15.0 Å². The molecular formula is C17H29N3O. The van der Waals surface area contributed by atoms with Gasteiger partial charge in [-0.3, -0.25) is 0 Å². The van der Waals surface area contributed by atoms with E-state index < -0.39 is 0 Å². The van der Waals surface area contributed by atoms with Gasteiger partial charge in [0, 0.05) is 25.8 Å². The van der Waals surface area contributed by atoms with E-state index in [1.165, 1.54) is 28.9 Å². The molecule has 0 saturated carbocycles. The van der Waals surface area contributed by atoms with Crippen LogP contribution < -0.4 is 10.2 Å². The van der Waals surface area contributed by atoms with Crippen molar-refractivity contribution < 1.29 is 4.74 Å². The zero-order valence-corrected chi connectivity index (χ0v) is 13.9. The normalized spacial score (nSPS) is 14.6. The lowest BCUT2D eigenvalue weighted by Gasteiger charge is -2.32. The Bertz CT molecular complexity index is 460. The summed E-state index contributed by atoms with van der Waals surface area (Å²) in [6, 6.07) is 0. The van der Waals surface area contributed by atoms with Gasteiger partial charge in [-0.1, -0.05) is 6.92 Å². The van der Waals surface area contributed by atoms with Crippen molar-refractivity contribution in [3.8, 4) is 0 Å². The summed E-state index contributed by atoms with van der Waals surface area (Å²) in [5.41, 5.74) is 4.17. The number of ether oxygens (including phenoxy) is 1. The first kappa shape index (κ1) is 16.2. The average Bonchev–Trinajstić information content (AvgIpc) is 2.49. The molecule has 1 aromatic heterocycles. The number of likely N-dealkylation sites (N-methyl/N-ethyl adjacent to an activating group) is 1. The van der Waals surface area contributed by atoms with Crippen LogP contribution in [0.4, 0.5) is 5.82 Å². The molecule has 1 aliphatic rings. The molecular weight excluding hydrogens is 262 g/mol. The Morgan fingerprint density at radius 1 is 1.43 bits per heavy atom. The number of hydrogen-bond donors (Lipinski definition) is 1. The fourth-order valence-electron chi connectivity index (χ4n) is 3.00. The predicted molar refractivity (Wildman–Crippen MR) is 88.0 cm³/mol. The van der Waals surface area contributed by atoms with Gasteiger partial charge >= 0.3 is 0 Å². The fraction of sp³-hybridized carbons (Fsp3) is 0.706. The maximum atomic E-state index is 5.79. The molecule has 4 heteroatoms. The van der Waals surface area contributed by atoms with Crippen molar-refractivity contribution in [3.05, 3.63) is 22.9 Å². The zero-order valence-electron chi connectivity index (χ0n) is 13.9. The minimum absolute atomic E-state index is 0.262. The smallest absolute Gasteiger partial charge is 0.132 e. The van der Waals surface area contributed by atoms with Crippen LogP contribution in [0, 0.1) is 0 Å². The van der Waals surface area contributed by atoms with Crippen molar-refractivity contribution in [2.24, 2.45) is 0 Å². The lowest BCUT2D eigenvalue weighted by Crippen LogP contribution is -2.36. The highest BCUT2D eigenvalue weighted by molar-refractivity contribution is 5.55. The zero-order chi connectivity index (χ0) is 15.2. The summed E-state index contributed by atoms with van der Waals surface area (Å²) in [6.07, 6.45) is 5.72. The summed E-state index contributed by atoms with van der Waals surface area (Å²) in [7, 11) is 2.00. The van der Waals surface area contributed by atoms with Gasteiger partial charge in [-0.15, -0.1) is 0 Å². The van der Waals surface area contributed by atoms with Gasteiger partial charge in [-0.25, -0.2) is 4.98 Å². The Labute approximate surface area is 128 Å². The number of pyridine rings is 1. The Morgan fingerprint density at radius 2 is 2.24 bits per heavy atom. The molecule has 0 aromatic carbocycles. The van der Waals surface area contributed by atoms with Gasteiger partial charge in [0.25, 0.3) is 0 Å². The van der Waals surface area contributed by atoms with Gasteiger partial charge in [-0.2, -0.15) is 0 Å². The number of anilines is 1. The second-order valence-electron chi connectivity index (χ2n) is 5.97. The summed E-state index contributed by atoms with van der Waals surface area (Å²) in [4.78, 5) is 7.18. The molecule has 1 N–H and O–H groups in total. The van der Waals surface area contributed by atoms with Crippen molar-refractivity contribution in [3.63, 3.8) is 0 Å². The summed E-state index contributed by atoms with van der Waals surface area (Å²) in [5, 5.41) is 3.23. The van der Waals surface area contributed by atoms with Crippen molar-refractivity contribution in [1.29, 1.82) is 0 Å². The summed E-state index contributed by atoms with van der Waals surface area (Å²) in [5.74, 6) is 1.20. The third kappa shape index (κ3) is 3.95. The van der Waals surface area contributed by atoms with Gasteiger partial charge in [-0.05, 0) is 56.8 Å². The van der Waals surface area contributed by atoms with E-state index in [9.17, 15) is 0 Å². The van der Waals surface area contributed by atoms with E-state index in [-0.39, 0.29) is 6.10 Å². The van der Waals surface area contributed by atoms with Crippen LogP contribution in [0.5, 0.6) is 0 Å². The average molecular weight is 291 g/mol. The molecule has 0 spiro atoms. The first-order valence-electron chi connectivity index (χ1n) is 8.18. The number of hydrogen-bond acceptors (Lipinski definition) is 4. The van der Waals surface area contributed by atoms with Gasteiger partial charge in [0.05, 0.1) is 12.7 Å². The monoisotopic (exact) mass is 291 g/mol. The Balaban J connectivity index is 2.25. The predicted octanol–water partition coefficient (Wildman–Crippen LogP) is 2.54. The molecule has 0 bridgehead atoms. The highest BCUT2D eigenvalue weighted by atomic mass is 16.5. The molecule has 1 aliphatic heterocycles. The number of nitrogens with zero attached hydrogens (tertiary/aromatic N) is 2. The molecule has 118 valence electrons. The molecule has 21 heavy (non-hydrogen) atoms. The minimum atomic E-state index is 0.262. The number of fused-ring (bicyclic) bond motifs is 1. The van der Waals surface area contributed by atoms with Crippen LogP contribution in [-0.4, -0.2) is 37.8 Å². The third-order valence-corrected chi connectivity index (χ3v) is 4.08. The second-order valence-corrected chi connectivity index (χ2v) is 5.97. The molecule has 0 amide bonds. The van der Waals surface area contributed by atoms with E-state index in [1.54, 1.807) is 0 Å². The molecule has 0 unspecified atom stereocenters. The molecule has 0 atom stereocenters. The molecule has 4 nitrogen and oxygen atoms in total. The lowest BCUT2D eigenvalue weighted by molar-refractivity contribution is 0.0651. The van der Waals surface area contributed by atoms with Crippen LogP contribution in [0.1, 0.15) is 43.9 Å². The third-order valence-electron chi connectivity index (χ3n) is 4.08. The molecule has 0 fully saturated rings. The maximum Gasteiger partial charge on any atom is 0.132 e. The van der Waals surface area contributed by atoms with Crippen LogP contribution in [0.3, 0.4) is 0 Å². The van der Waals surface area contributed by atoms with Crippen molar-refractivity contribution in [1.82, 2.24) is 10.3 Å². The molecule has 2 heterocycles. The summed E-state index contributed by atoms with van der Waals surface area (Å²) in [6.45, 7) is 10.2. The number of aromatic nitrogens is 1. The Morgan fingerprint density at radius 3 is 2.90 bits per heavy atom. The molecule has 1 aromatic rings. The van der Waals surface area contributed by atoms with E-state index in [0.29, 0.717) is 6.61 Å². The van der Waals surface area contributed by atoms with Crippen molar-refractivity contribution in [2.45, 2.75) is 52.7 Å². The lowest BCUT2D eigenvalue weighted by atomic mass is 9.95. The van der Waals surface area contributed by atoms with Crippen LogP contribution in [0.2, 0.25) is 0 Å². The van der Waals surface area contributed by atoms with Crippen LogP contribution in [0.25, 0.3) is 0 Å². The van der Waals surface area contributed by atoms with Gasteiger partial charge in [0.1, 0.15) is 5.82 Å². The Hall–Kier alpha value is -1.13. The standard InChI is InChI=1S/C17H29N3O/c1-5-15-14(12-21-13(2)3)11-19-17-16(15)7-6-9-20(17)10-8-18-4/h11,13,18H,5-10,12H2,1-4H3. The second kappa shape index (κ2) is 7.76. The highest BCUT2D eigenvalue weighted by Gasteiger charge is 2.22. The largest absolute Gasteiger partial charge is 0.374 e. The van der Waals surface area contributed by atoms with Crippen LogP contribution in [0.15, 0.2) is 6.20 Å². The van der Waals surface area contributed by atoms with E-state index in [2.05, 4.69) is 31.0 Å². The quantitative estimate of drug-likeness (QED) is 0.838. The summed E-state index contributed by atoms with van der Waals surface area (Å²) >= 11 is 0. The number of nitrogens with one attached hydrogen (secondary N) is 1. The van der Waals surface area contributed by atoms with Crippen molar-refractivity contribution >= 4 is 5.82 Å². The van der Waals surface area contributed by atoms with Gasteiger partial charge in [0.2, 0.25) is 0 Å². The number of rotatable bonds is 7. The molecule has 0 aliphatic carbocycles. The SMILES string of the molecule is CCc1c(COC(C)C)cnc2c1CCCN2CCNC. The molecule has 0 saturated heterocycles. The first-order chi connectivity index (χ1) is 10.2. The van der Waals surface area contributed by atoms with Crippen molar-refractivity contribution in [2.75, 3.05) is 31.6 Å². The molecule has 2 rings (SSSR count).